The van der Waals surface area contributed by atoms with Gasteiger partial charge in [-0.05, 0) is 45.6 Å². The van der Waals surface area contributed by atoms with E-state index >= 15 is 0 Å². The zero-order chi connectivity index (χ0) is 25.2. The van der Waals surface area contributed by atoms with Crippen molar-refractivity contribution >= 4 is 11.9 Å². The van der Waals surface area contributed by atoms with Crippen molar-refractivity contribution in [2.24, 2.45) is 0 Å². The van der Waals surface area contributed by atoms with Gasteiger partial charge in [0.05, 0.1) is 0 Å². The summed E-state index contributed by atoms with van der Waals surface area (Å²) >= 11 is 0. The maximum absolute atomic E-state index is 11.2. The Kier molecular flexibility index (Phi) is 9.91. The van der Waals surface area contributed by atoms with Crippen molar-refractivity contribution in [2.45, 2.75) is 78.6 Å². The molecule has 6 nitrogen and oxygen atoms in total. The van der Waals surface area contributed by atoms with Crippen LogP contribution in [0.4, 0.5) is 0 Å². The second kappa shape index (κ2) is 10.7. The largest absolute Gasteiger partial charge is 0.507 e. The third-order valence-corrected chi connectivity index (χ3v) is 5.11. The van der Waals surface area contributed by atoms with Gasteiger partial charge in [0.2, 0.25) is 0 Å². The number of hydrogen-bond acceptors (Lipinski definition) is 4. The van der Waals surface area contributed by atoms with Crippen LogP contribution < -0.4 is 0 Å². The fraction of sp³-hybridized carbons (Fsp3) is 0.462. The number of carbonyl (C=O) groups is 2. The van der Waals surface area contributed by atoms with Crippen LogP contribution >= 0.6 is 0 Å². The fourth-order valence-corrected chi connectivity index (χ4v) is 2.98. The molecule has 178 valence electrons. The van der Waals surface area contributed by atoms with Crippen LogP contribution in [0.5, 0.6) is 11.5 Å². The van der Waals surface area contributed by atoms with Crippen LogP contribution in [0.3, 0.4) is 0 Å². The van der Waals surface area contributed by atoms with E-state index in [0.29, 0.717) is 5.56 Å². The minimum absolute atomic E-state index is 0. The summed E-state index contributed by atoms with van der Waals surface area (Å²) in [6.45, 7) is 17.9. The molecular formula is C26H36O6Zn. The molecule has 0 spiro atoms. The molecule has 0 saturated heterocycles. The van der Waals surface area contributed by atoms with E-state index in [2.05, 4.69) is 0 Å². The maximum Gasteiger partial charge on any atom is 0.339 e. The molecule has 0 bridgehead atoms. The molecule has 2 rings (SSSR count). The molecule has 0 aliphatic heterocycles. The molecule has 2 aromatic carbocycles. The van der Waals surface area contributed by atoms with E-state index < -0.39 is 11.9 Å². The summed E-state index contributed by atoms with van der Waals surface area (Å²) in [4.78, 5) is 22.0. The summed E-state index contributed by atoms with van der Waals surface area (Å²) in [6, 6.07) is 8.14. The molecule has 0 radical (unpaired) electrons. The number of benzene rings is 2. The topological polar surface area (TPSA) is 115 Å². The predicted molar refractivity (Wildman–Crippen MR) is 126 cm³/mol. The van der Waals surface area contributed by atoms with Gasteiger partial charge in [0.15, 0.2) is 0 Å². The smallest absolute Gasteiger partial charge is 0.339 e. The third-order valence-electron chi connectivity index (χ3n) is 5.11. The Morgan fingerprint density at radius 1 is 0.636 bits per heavy atom. The van der Waals surface area contributed by atoms with Crippen LogP contribution in [-0.4, -0.2) is 32.4 Å². The fourth-order valence-electron chi connectivity index (χ4n) is 2.98. The van der Waals surface area contributed by atoms with E-state index in [1.54, 1.807) is 12.1 Å². The third kappa shape index (κ3) is 8.15. The number of aromatic hydroxyl groups is 2. The van der Waals surface area contributed by atoms with Gasteiger partial charge in [-0.3, -0.25) is 0 Å². The van der Waals surface area contributed by atoms with Crippen molar-refractivity contribution in [3.05, 3.63) is 58.1 Å². The number of rotatable bonds is 2. The Morgan fingerprint density at radius 2 is 1.06 bits per heavy atom. The zero-order valence-electron chi connectivity index (χ0n) is 21.2. The average molecular weight is 510 g/mol. The first kappa shape index (κ1) is 30.6. The molecule has 0 amide bonds. The Bertz CT molecular complexity index is 1010. The Morgan fingerprint density at radius 3 is 1.42 bits per heavy atom. The van der Waals surface area contributed by atoms with Crippen LogP contribution in [0.15, 0.2) is 30.3 Å². The minimum Gasteiger partial charge on any atom is -0.507 e. The van der Waals surface area contributed by atoms with Gasteiger partial charge in [-0.15, -0.1) is 0 Å². The summed E-state index contributed by atoms with van der Waals surface area (Å²) in [5, 5.41) is 37.4. The second-order valence-electron chi connectivity index (χ2n) is 11.0. The molecular weight excluding hydrogens is 474 g/mol. The molecule has 7 heteroatoms. The van der Waals surface area contributed by atoms with Gasteiger partial charge in [-0.25, -0.2) is 9.59 Å². The SMILES string of the molecule is CC(C)(C)c1cc(C(=O)O)c(O)c(C(C)(C)C)c1.CC(C)(C)c1ccc(O)c(C(=O)O)c1.[Zn]. The molecule has 4 N–H and O–H groups in total. The van der Waals surface area contributed by atoms with Gasteiger partial charge in [0.1, 0.15) is 22.6 Å². The van der Waals surface area contributed by atoms with Crippen molar-refractivity contribution in [1.82, 2.24) is 0 Å². The van der Waals surface area contributed by atoms with Crippen molar-refractivity contribution < 1.29 is 49.5 Å². The van der Waals surface area contributed by atoms with Gasteiger partial charge >= 0.3 is 11.9 Å². The summed E-state index contributed by atoms with van der Waals surface area (Å²) in [5.74, 6) is -2.51. The molecule has 33 heavy (non-hydrogen) atoms. The van der Waals surface area contributed by atoms with E-state index in [1.165, 1.54) is 12.1 Å². The predicted octanol–water partition coefficient (Wildman–Crippen LogP) is 6.07. The van der Waals surface area contributed by atoms with Crippen LogP contribution in [0.25, 0.3) is 0 Å². The Hall–Kier alpha value is -2.40. The van der Waals surface area contributed by atoms with E-state index in [-0.39, 0.29) is 58.3 Å². The standard InChI is InChI=1S/C15H22O3.C11H14O3.Zn/c1-14(2,3)9-7-10(13(17)18)12(16)11(8-9)15(4,5)6;1-11(2,3)7-4-5-9(12)8(6-7)10(13)14;/h7-8,16H,1-6H3,(H,17,18);4-6,12H,1-3H3,(H,13,14);. The molecule has 0 atom stereocenters. The number of aromatic carboxylic acids is 2. The molecule has 0 aliphatic rings. The van der Waals surface area contributed by atoms with E-state index in [9.17, 15) is 24.9 Å². The minimum atomic E-state index is -1.10. The maximum atomic E-state index is 11.2. The van der Waals surface area contributed by atoms with Crippen LogP contribution in [0, 0.1) is 0 Å². The summed E-state index contributed by atoms with van der Waals surface area (Å²) in [7, 11) is 0. The molecule has 2 aromatic rings. The molecule has 0 heterocycles. The molecule has 0 unspecified atom stereocenters. The monoisotopic (exact) mass is 508 g/mol. The molecule has 0 aromatic heterocycles. The number of phenols is 2. The first-order chi connectivity index (χ1) is 14.3. The zero-order valence-corrected chi connectivity index (χ0v) is 24.2. The molecule has 0 saturated carbocycles. The van der Waals surface area contributed by atoms with Gasteiger partial charge in [0.25, 0.3) is 0 Å². The van der Waals surface area contributed by atoms with Gasteiger partial charge in [-0.1, -0.05) is 74.4 Å². The van der Waals surface area contributed by atoms with Gasteiger partial charge in [-0.2, -0.15) is 0 Å². The van der Waals surface area contributed by atoms with E-state index in [4.69, 9.17) is 5.11 Å². The quantitative estimate of drug-likeness (QED) is 0.365. The Balaban J connectivity index is 0.000000620. The van der Waals surface area contributed by atoms with Crippen molar-refractivity contribution in [3.8, 4) is 11.5 Å². The number of hydrogen-bond donors (Lipinski definition) is 4. The summed E-state index contributed by atoms with van der Waals surface area (Å²) < 4.78 is 0. The van der Waals surface area contributed by atoms with E-state index in [0.717, 1.165) is 11.1 Å². The van der Waals surface area contributed by atoms with Crippen molar-refractivity contribution in [1.29, 1.82) is 0 Å². The van der Waals surface area contributed by atoms with Gasteiger partial charge in [0, 0.05) is 25.0 Å². The normalized spacial score (nSPS) is 11.7. The summed E-state index contributed by atoms with van der Waals surface area (Å²) in [6.07, 6.45) is 0. The van der Waals surface area contributed by atoms with Crippen molar-refractivity contribution in [2.75, 3.05) is 0 Å². The van der Waals surface area contributed by atoms with Gasteiger partial charge < -0.3 is 20.4 Å². The van der Waals surface area contributed by atoms with Crippen LogP contribution in [0.2, 0.25) is 0 Å². The van der Waals surface area contributed by atoms with Crippen LogP contribution in [-0.2, 0) is 35.7 Å². The van der Waals surface area contributed by atoms with E-state index in [1.807, 2.05) is 68.4 Å². The average Bonchev–Trinajstić information content (AvgIpc) is 2.59. The molecule has 0 aliphatic carbocycles. The first-order valence-electron chi connectivity index (χ1n) is 10.4. The Labute approximate surface area is 209 Å². The summed E-state index contributed by atoms with van der Waals surface area (Å²) in [5.41, 5.74) is 1.86. The van der Waals surface area contributed by atoms with Crippen molar-refractivity contribution in [3.63, 3.8) is 0 Å². The number of carboxylic acids is 2. The van der Waals surface area contributed by atoms with Crippen LogP contribution in [0.1, 0.15) is 99.7 Å². The molecule has 0 fully saturated rings. The number of carboxylic acid groups (broad SMARTS) is 2. The first-order valence-corrected chi connectivity index (χ1v) is 10.4. The second-order valence-corrected chi connectivity index (χ2v) is 11.0.